The Morgan fingerprint density at radius 3 is 2.87 bits per heavy atom. The molecule has 3 heterocycles. The number of rotatable bonds is 4. The van der Waals surface area contributed by atoms with Gasteiger partial charge in [0, 0.05) is 30.1 Å². The lowest BCUT2D eigenvalue weighted by Crippen LogP contribution is -2.52. The highest BCUT2D eigenvalue weighted by Crippen LogP contribution is 2.44. The van der Waals surface area contributed by atoms with E-state index in [2.05, 4.69) is 68.3 Å². The van der Waals surface area contributed by atoms with Crippen molar-refractivity contribution in [1.29, 1.82) is 0 Å². The molecule has 2 nitrogen and oxygen atoms in total. The van der Waals surface area contributed by atoms with Gasteiger partial charge in [-0.3, -0.25) is 9.89 Å². The topological polar surface area (TPSA) is 15.6 Å². The normalized spacial score (nSPS) is 44.4. The lowest BCUT2D eigenvalue weighted by molar-refractivity contribution is 0.0548. The van der Waals surface area contributed by atoms with Crippen molar-refractivity contribution in [3.63, 3.8) is 0 Å². The van der Waals surface area contributed by atoms with Crippen molar-refractivity contribution < 1.29 is 0 Å². The van der Waals surface area contributed by atoms with Gasteiger partial charge in [-0.1, -0.05) is 57.2 Å². The smallest absolute Gasteiger partial charge is 0.0773 e. The van der Waals surface area contributed by atoms with Gasteiger partial charge in [-0.2, -0.15) is 0 Å². The summed E-state index contributed by atoms with van der Waals surface area (Å²) in [6.07, 6.45) is 18.8. The third-order valence-electron chi connectivity index (χ3n) is 6.79. The molecule has 1 fully saturated rings. The maximum atomic E-state index is 4.77. The van der Waals surface area contributed by atoms with Crippen molar-refractivity contribution in [1.82, 2.24) is 4.90 Å². The second kappa shape index (κ2) is 5.73. The zero-order valence-corrected chi connectivity index (χ0v) is 14.7. The molecule has 1 saturated heterocycles. The van der Waals surface area contributed by atoms with E-state index in [4.69, 9.17) is 4.99 Å². The second-order valence-corrected chi connectivity index (χ2v) is 8.52. The molecule has 5 rings (SSSR count). The predicted octanol–water partition coefficient (Wildman–Crippen LogP) is 4.11. The van der Waals surface area contributed by atoms with E-state index in [-0.39, 0.29) is 5.41 Å². The molecule has 5 aliphatic rings. The molecule has 0 spiro atoms. The maximum Gasteiger partial charge on any atom is 0.0773 e. The molecular formula is C21H30N2. The van der Waals surface area contributed by atoms with Crippen LogP contribution in [0.1, 0.15) is 33.6 Å². The molecule has 6 atom stereocenters. The average Bonchev–Trinajstić information content (AvgIpc) is 2.89. The number of fused-ring (bicyclic) bond motifs is 3. The lowest BCUT2D eigenvalue weighted by atomic mass is 9.70. The highest BCUT2D eigenvalue weighted by atomic mass is 15.2. The van der Waals surface area contributed by atoms with Crippen molar-refractivity contribution >= 4 is 6.21 Å². The summed E-state index contributed by atoms with van der Waals surface area (Å²) < 4.78 is 0. The van der Waals surface area contributed by atoms with Gasteiger partial charge in [0.05, 0.1) is 6.04 Å². The first-order valence-electron chi connectivity index (χ1n) is 9.39. The first kappa shape index (κ1) is 15.4. The van der Waals surface area contributed by atoms with E-state index in [0.29, 0.717) is 18.0 Å². The Morgan fingerprint density at radius 1 is 1.22 bits per heavy atom. The van der Waals surface area contributed by atoms with Crippen LogP contribution >= 0.6 is 0 Å². The largest absolute Gasteiger partial charge is 0.296 e. The van der Waals surface area contributed by atoms with Crippen LogP contribution in [0, 0.1) is 29.1 Å². The Kier molecular flexibility index (Phi) is 3.84. The zero-order valence-electron chi connectivity index (χ0n) is 14.7. The molecule has 0 aromatic heterocycles. The Morgan fingerprint density at radius 2 is 2.09 bits per heavy atom. The summed E-state index contributed by atoms with van der Waals surface area (Å²) in [5.41, 5.74) is 0.205. The molecule has 0 saturated carbocycles. The fraction of sp³-hybridized carbons (Fsp3) is 0.667. The minimum atomic E-state index is 0.205. The Bertz CT molecular complexity index is 570. The first-order valence-corrected chi connectivity index (χ1v) is 9.39. The van der Waals surface area contributed by atoms with Crippen molar-refractivity contribution in [3.05, 3.63) is 36.5 Å². The van der Waals surface area contributed by atoms with E-state index in [1.807, 2.05) is 0 Å². The van der Waals surface area contributed by atoms with Crippen LogP contribution in [0.5, 0.6) is 0 Å². The van der Waals surface area contributed by atoms with Gasteiger partial charge in [-0.05, 0) is 37.1 Å². The summed E-state index contributed by atoms with van der Waals surface area (Å²) in [4.78, 5) is 7.53. The number of allylic oxidation sites excluding steroid dienone is 2. The summed E-state index contributed by atoms with van der Waals surface area (Å²) in [5.74, 6) is 2.99. The lowest BCUT2D eigenvalue weighted by Gasteiger charge is -2.48. The van der Waals surface area contributed by atoms with E-state index in [9.17, 15) is 0 Å². The average molecular weight is 310 g/mol. The maximum absolute atomic E-state index is 4.77. The van der Waals surface area contributed by atoms with Crippen LogP contribution < -0.4 is 0 Å². The first-order chi connectivity index (χ1) is 11.1. The molecule has 124 valence electrons. The van der Waals surface area contributed by atoms with E-state index >= 15 is 0 Å². The summed E-state index contributed by atoms with van der Waals surface area (Å²) in [5, 5.41) is 0. The van der Waals surface area contributed by atoms with E-state index in [1.54, 1.807) is 0 Å². The Labute approximate surface area is 141 Å². The van der Waals surface area contributed by atoms with E-state index in [0.717, 1.165) is 17.8 Å². The summed E-state index contributed by atoms with van der Waals surface area (Å²) >= 11 is 0. The van der Waals surface area contributed by atoms with Crippen molar-refractivity contribution in [2.24, 2.45) is 34.1 Å². The highest BCUT2D eigenvalue weighted by molar-refractivity contribution is 5.67. The van der Waals surface area contributed by atoms with E-state index < -0.39 is 0 Å². The van der Waals surface area contributed by atoms with Crippen LogP contribution in [0.4, 0.5) is 0 Å². The summed E-state index contributed by atoms with van der Waals surface area (Å²) in [7, 11) is 0. The van der Waals surface area contributed by atoms with Crippen molar-refractivity contribution in [2.75, 3.05) is 13.1 Å². The van der Waals surface area contributed by atoms with Crippen LogP contribution in [0.15, 0.2) is 41.4 Å². The van der Waals surface area contributed by atoms with Gasteiger partial charge in [0.15, 0.2) is 0 Å². The van der Waals surface area contributed by atoms with Crippen LogP contribution in [0.3, 0.4) is 0 Å². The summed E-state index contributed by atoms with van der Waals surface area (Å²) in [6, 6.07) is 1.03. The van der Waals surface area contributed by atoms with Crippen LogP contribution in [0.2, 0.25) is 0 Å². The number of aliphatic imine (C=N–C) groups is 1. The number of hydrogen-bond donors (Lipinski definition) is 0. The number of hydrogen-bond acceptors (Lipinski definition) is 2. The molecule has 0 amide bonds. The molecular weight excluding hydrogens is 280 g/mol. The molecule has 2 bridgehead atoms. The van der Waals surface area contributed by atoms with Gasteiger partial charge in [-0.15, -0.1) is 0 Å². The Hall–Kier alpha value is -1.15. The Balaban J connectivity index is 1.42. The molecule has 6 unspecified atom stereocenters. The zero-order chi connectivity index (χ0) is 16.0. The summed E-state index contributed by atoms with van der Waals surface area (Å²) in [6.45, 7) is 9.65. The van der Waals surface area contributed by atoms with Gasteiger partial charge in [-0.25, -0.2) is 0 Å². The van der Waals surface area contributed by atoms with Crippen LogP contribution in [-0.2, 0) is 0 Å². The van der Waals surface area contributed by atoms with Crippen molar-refractivity contribution in [2.45, 2.75) is 45.7 Å². The highest BCUT2D eigenvalue weighted by Gasteiger charge is 2.43. The van der Waals surface area contributed by atoms with Crippen molar-refractivity contribution in [3.8, 4) is 0 Å². The monoisotopic (exact) mass is 310 g/mol. The van der Waals surface area contributed by atoms with Gasteiger partial charge >= 0.3 is 0 Å². The molecule has 0 N–H and O–H groups in total. The van der Waals surface area contributed by atoms with E-state index in [1.165, 1.54) is 25.9 Å². The fourth-order valence-corrected chi connectivity index (χ4v) is 5.18. The molecule has 0 radical (unpaired) electrons. The van der Waals surface area contributed by atoms with Gasteiger partial charge in [0.1, 0.15) is 0 Å². The fourth-order valence-electron chi connectivity index (χ4n) is 5.18. The second-order valence-electron chi connectivity index (χ2n) is 8.52. The number of piperidine rings is 1. The minimum absolute atomic E-state index is 0.205. The van der Waals surface area contributed by atoms with Gasteiger partial charge in [0.2, 0.25) is 0 Å². The minimum Gasteiger partial charge on any atom is -0.296 e. The van der Waals surface area contributed by atoms with Crippen LogP contribution in [-0.4, -0.2) is 36.3 Å². The molecule has 3 aliphatic heterocycles. The van der Waals surface area contributed by atoms with Crippen LogP contribution in [0.25, 0.3) is 0 Å². The molecule has 2 heteroatoms. The molecule has 23 heavy (non-hydrogen) atoms. The van der Waals surface area contributed by atoms with Gasteiger partial charge in [0.25, 0.3) is 0 Å². The molecule has 0 aromatic carbocycles. The third kappa shape index (κ3) is 2.55. The standard InChI is InChI=1S/C21H30N2/c1-15(2)18-12-16-7-8-19(18)23(14-16)11-9-17-13-22-20-6-4-5-10-21(17,20)3/h4-8,10,13,15-20H,9,11-12,14H2,1-3H3. The number of nitrogens with zero attached hydrogens (tertiary/aromatic N) is 2. The SMILES string of the molecule is CC(C)C1CC2C=CC1N(CCC1C=NC3C=CC=CC13C)C2. The third-order valence-corrected chi connectivity index (χ3v) is 6.79. The quantitative estimate of drug-likeness (QED) is 0.714. The predicted molar refractivity (Wildman–Crippen MR) is 97.7 cm³/mol. The van der Waals surface area contributed by atoms with Gasteiger partial charge < -0.3 is 0 Å². The molecule has 0 aromatic rings. The molecule has 2 aliphatic carbocycles.